The van der Waals surface area contributed by atoms with Gasteiger partial charge in [0, 0.05) is 28.3 Å². The van der Waals surface area contributed by atoms with Gasteiger partial charge in [-0.1, -0.05) is 32.1 Å². The second-order valence-corrected chi connectivity index (χ2v) is 5.83. The number of para-hydroxylation sites is 1. The summed E-state index contributed by atoms with van der Waals surface area (Å²) in [6.07, 6.45) is 2.86. The van der Waals surface area contributed by atoms with Crippen molar-refractivity contribution in [2.45, 2.75) is 25.2 Å². The first-order chi connectivity index (χ1) is 8.65. The van der Waals surface area contributed by atoms with Crippen LogP contribution in [-0.4, -0.2) is 24.0 Å². The Morgan fingerprint density at radius 2 is 2.17 bits per heavy atom. The van der Waals surface area contributed by atoms with Crippen molar-refractivity contribution in [3.8, 4) is 0 Å². The van der Waals surface area contributed by atoms with E-state index >= 15 is 0 Å². The molecule has 3 heteroatoms. The monoisotopic (exact) mass is 265 g/mol. The van der Waals surface area contributed by atoms with Gasteiger partial charge in [-0.15, -0.1) is 18.3 Å². The van der Waals surface area contributed by atoms with Gasteiger partial charge in [0.15, 0.2) is 0 Å². The molecular formula is C15H23NOS. The van der Waals surface area contributed by atoms with Crippen LogP contribution < -0.4 is 5.32 Å². The number of hydrogen-bond acceptors (Lipinski definition) is 3. The molecule has 0 aliphatic rings. The molecule has 2 nitrogen and oxygen atoms in total. The summed E-state index contributed by atoms with van der Waals surface area (Å²) in [5.74, 6) is 0.906. The maximum Gasteiger partial charge on any atom is 0.0501 e. The Hall–Kier alpha value is -0.930. The Kier molecular flexibility index (Phi) is 6.30. The van der Waals surface area contributed by atoms with E-state index in [1.165, 1.54) is 4.90 Å². The lowest BCUT2D eigenvalue weighted by Gasteiger charge is -2.27. The molecule has 0 fully saturated rings. The second kappa shape index (κ2) is 7.49. The van der Waals surface area contributed by atoms with Gasteiger partial charge >= 0.3 is 0 Å². The predicted molar refractivity (Wildman–Crippen MR) is 81.3 cm³/mol. The van der Waals surface area contributed by atoms with Crippen molar-refractivity contribution in [2.75, 3.05) is 24.2 Å². The Bertz CT molecular complexity index is 375. The topological polar surface area (TPSA) is 32.3 Å². The lowest BCUT2D eigenvalue weighted by atomic mass is 9.88. The smallest absolute Gasteiger partial charge is 0.0501 e. The molecule has 0 bridgehead atoms. The highest BCUT2D eigenvalue weighted by atomic mass is 32.2. The van der Waals surface area contributed by atoms with Crippen LogP contribution in [-0.2, 0) is 0 Å². The summed E-state index contributed by atoms with van der Waals surface area (Å²) in [7, 11) is 0. The van der Waals surface area contributed by atoms with Crippen molar-refractivity contribution in [1.82, 2.24) is 0 Å². The van der Waals surface area contributed by atoms with Gasteiger partial charge in [-0.3, -0.25) is 0 Å². The van der Waals surface area contributed by atoms with Gasteiger partial charge in [0.1, 0.15) is 0 Å². The van der Waals surface area contributed by atoms with Gasteiger partial charge in [-0.05, 0) is 18.6 Å². The zero-order valence-electron chi connectivity index (χ0n) is 11.3. The van der Waals surface area contributed by atoms with Gasteiger partial charge < -0.3 is 10.4 Å². The minimum Gasteiger partial charge on any atom is -0.396 e. The maximum absolute atomic E-state index is 9.42. The Morgan fingerprint density at radius 3 is 2.78 bits per heavy atom. The van der Waals surface area contributed by atoms with Gasteiger partial charge in [0.25, 0.3) is 0 Å². The highest BCUT2D eigenvalue weighted by molar-refractivity contribution is 7.99. The molecule has 18 heavy (non-hydrogen) atoms. The van der Waals surface area contributed by atoms with E-state index in [1.54, 1.807) is 11.8 Å². The summed E-state index contributed by atoms with van der Waals surface area (Å²) in [6, 6.07) is 8.27. The minimum absolute atomic E-state index is 0.0593. The van der Waals surface area contributed by atoms with Gasteiger partial charge in [-0.25, -0.2) is 0 Å². The molecule has 0 heterocycles. The number of thioether (sulfide) groups is 1. The van der Waals surface area contributed by atoms with Gasteiger partial charge in [0.2, 0.25) is 0 Å². The number of rotatable bonds is 8. The molecule has 0 aliphatic carbocycles. The first kappa shape index (κ1) is 15.1. The third-order valence-electron chi connectivity index (χ3n) is 3.18. The van der Waals surface area contributed by atoms with Crippen molar-refractivity contribution >= 4 is 17.4 Å². The summed E-state index contributed by atoms with van der Waals surface area (Å²) in [5, 5.41) is 12.9. The minimum atomic E-state index is -0.0593. The SMILES string of the molecule is C=CCSc1ccccc1NCC(C)(CC)CO. The summed E-state index contributed by atoms with van der Waals surface area (Å²) < 4.78 is 0. The molecule has 0 spiro atoms. The summed E-state index contributed by atoms with van der Waals surface area (Å²) in [6.45, 7) is 8.94. The van der Waals surface area contributed by atoms with E-state index in [4.69, 9.17) is 0 Å². The highest BCUT2D eigenvalue weighted by Gasteiger charge is 2.20. The predicted octanol–water partition coefficient (Wildman–Crippen LogP) is 3.79. The number of anilines is 1. The largest absolute Gasteiger partial charge is 0.396 e. The van der Waals surface area contributed by atoms with E-state index in [-0.39, 0.29) is 12.0 Å². The second-order valence-electron chi connectivity index (χ2n) is 4.77. The van der Waals surface area contributed by atoms with Crippen LogP contribution >= 0.6 is 11.8 Å². The van der Waals surface area contributed by atoms with E-state index < -0.39 is 0 Å². The third kappa shape index (κ3) is 4.39. The van der Waals surface area contributed by atoms with E-state index in [2.05, 4.69) is 37.9 Å². The Labute approximate surface area is 114 Å². The zero-order chi connectivity index (χ0) is 13.4. The fourth-order valence-corrected chi connectivity index (χ4v) is 2.26. The van der Waals surface area contributed by atoms with Crippen molar-refractivity contribution in [1.29, 1.82) is 0 Å². The number of aliphatic hydroxyl groups is 1. The molecule has 1 aromatic carbocycles. The fraction of sp³-hybridized carbons (Fsp3) is 0.467. The van der Waals surface area contributed by atoms with Crippen LogP contribution in [0.1, 0.15) is 20.3 Å². The number of hydrogen-bond donors (Lipinski definition) is 2. The van der Waals surface area contributed by atoms with Gasteiger partial charge in [-0.2, -0.15) is 0 Å². The molecule has 2 N–H and O–H groups in total. The first-order valence-electron chi connectivity index (χ1n) is 6.32. The van der Waals surface area contributed by atoms with Crippen LogP contribution in [0.4, 0.5) is 5.69 Å². The molecule has 0 aliphatic heterocycles. The number of aliphatic hydroxyl groups excluding tert-OH is 1. The van der Waals surface area contributed by atoms with Crippen molar-refractivity contribution in [3.63, 3.8) is 0 Å². The molecule has 1 atom stereocenters. The summed E-state index contributed by atoms with van der Waals surface area (Å²) in [5.41, 5.74) is 1.08. The van der Waals surface area contributed by atoms with E-state index in [0.29, 0.717) is 0 Å². The fourth-order valence-electron chi connectivity index (χ4n) is 1.49. The Balaban J connectivity index is 2.68. The third-order valence-corrected chi connectivity index (χ3v) is 4.25. The summed E-state index contributed by atoms with van der Waals surface area (Å²) in [4.78, 5) is 1.23. The van der Waals surface area contributed by atoms with Crippen LogP contribution in [0.3, 0.4) is 0 Å². The molecule has 100 valence electrons. The average molecular weight is 265 g/mol. The lowest BCUT2D eigenvalue weighted by molar-refractivity contribution is 0.149. The molecule has 0 saturated carbocycles. The van der Waals surface area contributed by atoms with Crippen LogP contribution in [0, 0.1) is 5.41 Å². The number of benzene rings is 1. The Morgan fingerprint density at radius 1 is 1.44 bits per heavy atom. The first-order valence-corrected chi connectivity index (χ1v) is 7.31. The standard InChI is InChI=1S/C15H23NOS/c1-4-10-18-14-9-7-6-8-13(14)16-11-15(3,5-2)12-17/h4,6-9,16-17H,1,5,10-12H2,2-3H3. The maximum atomic E-state index is 9.42. The molecule has 0 amide bonds. The lowest BCUT2D eigenvalue weighted by Crippen LogP contribution is -2.29. The molecule has 1 unspecified atom stereocenters. The quantitative estimate of drug-likeness (QED) is 0.554. The molecule has 0 radical (unpaired) electrons. The highest BCUT2D eigenvalue weighted by Crippen LogP contribution is 2.28. The van der Waals surface area contributed by atoms with Crippen LogP contribution in [0.5, 0.6) is 0 Å². The van der Waals surface area contributed by atoms with Crippen LogP contribution in [0.2, 0.25) is 0 Å². The molecule has 0 aromatic heterocycles. The van der Waals surface area contributed by atoms with Gasteiger partial charge in [0.05, 0.1) is 6.61 Å². The number of nitrogens with one attached hydrogen (secondary N) is 1. The molecular weight excluding hydrogens is 242 g/mol. The van der Waals surface area contributed by atoms with Crippen LogP contribution in [0.15, 0.2) is 41.8 Å². The summed E-state index contributed by atoms with van der Waals surface area (Å²) >= 11 is 1.77. The zero-order valence-corrected chi connectivity index (χ0v) is 12.1. The molecule has 1 aromatic rings. The molecule has 1 rings (SSSR count). The van der Waals surface area contributed by atoms with E-state index in [9.17, 15) is 5.11 Å². The average Bonchev–Trinajstić information content (AvgIpc) is 2.43. The van der Waals surface area contributed by atoms with Crippen LogP contribution in [0.25, 0.3) is 0 Å². The van der Waals surface area contributed by atoms with Crippen molar-refractivity contribution in [2.24, 2.45) is 5.41 Å². The van der Waals surface area contributed by atoms with Crippen molar-refractivity contribution in [3.05, 3.63) is 36.9 Å². The molecule has 0 saturated heterocycles. The van der Waals surface area contributed by atoms with E-state index in [0.717, 1.165) is 24.4 Å². The normalized spacial score (nSPS) is 13.9. The van der Waals surface area contributed by atoms with Crippen molar-refractivity contribution < 1.29 is 5.11 Å². The van der Waals surface area contributed by atoms with E-state index in [1.807, 2.05) is 18.2 Å².